The minimum absolute atomic E-state index is 0.0365. The zero-order valence-corrected chi connectivity index (χ0v) is 37.9. The number of carbonyl (C=O) groups is 3. The molecule has 2 aromatic carbocycles. The highest BCUT2D eigenvalue weighted by molar-refractivity contribution is 5.91. The molecular formula is C45H56O23. The average molecular weight is 965 g/mol. The zero-order chi connectivity index (χ0) is 49.9. The van der Waals surface area contributed by atoms with Gasteiger partial charge >= 0.3 is 17.9 Å². The summed E-state index contributed by atoms with van der Waals surface area (Å²) < 4.78 is 63.4. The largest absolute Gasteiger partial charge is 0.507 e. The van der Waals surface area contributed by atoms with Crippen LogP contribution in [0.25, 0.3) is 22.3 Å². The maximum absolute atomic E-state index is 15.0. The van der Waals surface area contributed by atoms with Crippen molar-refractivity contribution < 1.29 is 107 Å². The van der Waals surface area contributed by atoms with Crippen molar-refractivity contribution in [2.75, 3.05) is 20.3 Å². The number of hydrogen-bond acceptors (Lipinski definition) is 23. The first-order valence-corrected chi connectivity index (χ1v) is 21.4. The SMILES string of the molecule is COc1ccc(-c2oc3c(CC=C(C)C)c(O[C@@H]4O[C@H](CO)[C@@H](O)[C@H](O)[C@H]4O)cc(O)c3c(=O)c2O[C@@H]2O[C@@H](C)[C@H](OC(C)=O)[C@@H](O)[C@H]2O[C@@H]2O[C@H](COC(C)=O)[C@@H](O)[C@H](OC(C)=O)[C@H]2O)cc1. The number of carbonyl (C=O) groups excluding carboxylic acids is 3. The summed E-state index contributed by atoms with van der Waals surface area (Å²) in [5.74, 6) is -4.08. The van der Waals surface area contributed by atoms with E-state index in [4.69, 9.17) is 51.8 Å². The Labute approximate surface area is 387 Å². The van der Waals surface area contributed by atoms with Crippen LogP contribution in [0.4, 0.5) is 0 Å². The molecule has 0 bridgehead atoms. The number of methoxy groups -OCH3 is 1. The van der Waals surface area contributed by atoms with Crippen molar-refractivity contribution >= 4 is 28.9 Å². The number of aliphatic hydroxyl groups excluding tert-OH is 7. The molecule has 3 aliphatic heterocycles. The van der Waals surface area contributed by atoms with E-state index in [0.29, 0.717) is 5.75 Å². The fraction of sp³-hybridized carbons (Fsp3) is 0.556. The van der Waals surface area contributed by atoms with E-state index in [1.165, 1.54) is 38.3 Å². The number of aliphatic hydroxyl groups is 7. The van der Waals surface area contributed by atoms with Gasteiger partial charge in [-0.2, -0.15) is 0 Å². The Morgan fingerprint density at radius 1 is 0.721 bits per heavy atom. The number of hydrogen-bond donors (Lipinski definition) is 8. The molecular weight excluding hydrogens is 908 g/mol. The van der Waals surface area contributed by atoms with Crippen LogP contribution in [0.2, 0.25) is 0 Å². The van der Waals surface area contributed by atoms with Crippen molar-refractivity contribution in [2.24, 2.45) is 0 Å². The first-order valence-electron chi connectivity index (χ1n) is 21.4. The summed E-state index contributed by atoms with van der Waals surface area (Å²) in [4.78, 5) is 51.1. The lowest BCUT2D eigenvalue weighted by Gasteiger charge is -2.46. The molecule has 374 valence electrons. The molecule has 23 nitrogen and oxygen atoms in total. The highest BCUT2D eigenvalue weighted by Crippen LogP contribution is 2.42. The molecule has 8 N–H and O–H groups in total. The lowest BCUT2D eigenvalue weighted by molar-refractivity contribution is -0.356. The number of esters is 3. The molecule has 3 aromatic rings. The summed E-state index contributed by atoms with van der Waals surface area (Å²) >= 11 is 0. The Morgan fingerprint density at radius 3 is 1.97 bits per heavy atom. The number of rotatable bonds is 15. The van der Waals surface area contributed by atoms with Crippen LogP contribution >= 0.6 is 0 Å². The van der Waals surface area contributed by atoms with E-state index < -0.39 is 146 Å². The van der Waals surface area contributed by atoms with E-state index in [1.807, 2.05) is 0 Å². The molecule has 1 aromatic heterocycles. The fourth-order valence-electron chi connectivity index (χ4n) is 7.84. The second-order valence-corrected chi connectivity index (χ2v) is 16.6. The Hall–Kier alpha value is -5.44. The van der Waals surface area contributed by atoms with Gasteiger partial charge in [0.05, 0.1) is 19.8 Å². The van der Waals surface area contributed by atoms with E-state index in [2.05, 4.69) is 0 Å². The number of phenolic OH excluding ortho intramolecular Hbond substituents is 1. The third kappa shape index (κ3) is 11.2. The summed E-state index contributed by atoms with van der Waals surface area (Å²) in [5, 5.41) is 87.0. The van der Waals surface area contributed by atoms with Crippen LogP contribution in [-0.4, -0.2) is 171 Å². The summed E-state index contributed by atoms with van der Waals surface area (Å²) in [5.41, 5.74) is -0.230. The van der Waals surface area contributed by atoms with Gasteiger partial charge < -0.3 is 92.6 Å². The second-order valence-electron chi connectivity index (χ2n) is 16.6. The Morgan fingerprint density at radius 2 is 1.37 bits per heavy atom. The lowest BCUT2D eigenvalue weighted by Crippen LogP contribution is -2.65. The minimum Gasteiger partial charge on any atom is -0.507 e. The first kappa shape index (κ1) is 51.9. The Bertz CT molecular complexity index is 2360. The van der Waals surface area contributed by atoms with Crippen molar-refractivity contribution in [3.63, 3.8) is 0 Å². The van der Waals surface area contributed by atoms with Gasteiger partial charge in [0.2, 0.25) is 23.8 Å². The molecule has 3 fully saturated rings. The van der Waals surface area contributed by atoms with Crippen LogP contribution in [0.5, 0.6) is 23.0 Å². The Balaban J connectivity index is 1.51. The minimum atomic E-state index is -2.00. The molecule has 0 spiro atoms. The summed E-state index contributed by atoms with van der Waals surface area (Å²) in [6, 6.07) is 7.08. The molecule has 0 unspecified atom stereocenters. The molecule has 4 heterocycles. The maximum Gasteiger partial charge on any atom is 0.303 e. The second kappa shape index (κ2) is 21.9. The van der Waals surface area contributed by atoms with Crippen LogP contribution in [-0.2, 0) is 54.0 Å². The van der Waals surface area contributed by atoms with Gasteiger partial charge in [-0.25, -0.2) is 0 Å². The number of ether oxygens (including phenoxy) is 10. The van der Waals surface area contributed by atoms with E-state index in [0.717, 1.165) is 32.4 Å². The monoisotopic (exact) mass is 964 g/mol. The summed E-state index contributed by atoms with van der Waals surface area (Å²) in [7, 11) is 1.42. The fourth-order valence-corrected chi connectivity index (χ4v) is 7.84. The molecule has 3 saturated heterocycles. The van der Waals surface area contributed by atoms with E-state index in [9.17, 15) is 55.2 Å². The lowest BCUT2D eigenvalue weighted by atomic mass is 9.97. The van der Waals surface area contributed by atoms with Crippen LogP contribution in [0.3, 0.4) is 0 Å². The molecule has 0 aliphatic carbocycles. The van der Waals surface area contributed by atoms with Gasteiger partial charge in [-0.05, 0) is 51.5 Å². The van der Waals surface area contributed by atoms with Crippen molar-refractivity contribution in [1.29, 1.82) is 0 Å². The third-order valence-electron chi connectivity index (χ3n) is 11.3. The normalized spacial score (nSPS) is 31.6. The molecule has 6 rings (SSSR count). The quantitative estimate of drug-likeness (QED) is 0.0546. The van der Waals surface area contributed by atoms with Crippen molar-refractivity contribution in [3.05, 3.63) is 57.8 Å². The van der Waals surface area contributed by atoms with Crippen molar-refractivity contribution in [2.45, 2.75) is 140 Å². The van der Waals surface area contributed by atoms with Gasteiger partial charge in [-0.3, -0.25) is 19.2 Å². The predicted molar refractivity (Wildman–Crippen MR) is 228 cm³/mol. The zero-order valence-electron chi connectivity index (χ0n) is 37.9. The topological polar surface area (TPSA) is 336 Å². The number of benzene rings is 2. The van der Waals surface area contributed by atoms with Gasteiger partial charge in [-0.15, -0.1) is 0 Å². The molecule has 15 atom stereocenters. The van der Waals surface area contributed by atoms with E-state index in [1.54, 1.807) is 19.9 Å². The van der Waals surface area contributed by atoms with Gasteiger partial charge in [-0.1, -0.05) is 11.6 Å². The Kier molecular flexibility index (Phi) is 16.7. The maximum atomic E-state index is 15.0. The first-order chi connectivity index (χ1) is 32.1. The number of allylic oxidation sites excluding steroid dienone is 2. The van der Waals surface area contributed by atoms with Gasteiger partial charge in [0, 0.05) is 38.0 Å². The van der Waals surface area contributed by atoms with Crippen LogP contribution in [0.15, 0.2) is 51.2 Å². The van der Waals surface area contributed by atoms with Gasteiger partial charge in [0.15, 0.2) is 30.4 Å². The smallest absolute Gasteiger partial charge is 0.303 e. The molecule has 0 saturated carbocycles. The molecule has 23 heteroatoms. The highest BCUT2D eigenvalue weighted by Gasteiger charge is 2.54. The van der Waals surface area contributed by atoms with Crippen LogP contribution in [0, 0.1) is 0 Å². The molecule has 68 heavy (non-hydrogen) atoms. The molecule has 3 aliphatic rings. The molecule has 0 radical (unpaired) electrons. The summed E-state index contributed by atoms with van der Waals surface area (Å²) in [6.45, 7) is 6.75. The molecule has 0 amide bonds. The number of fused-ring (bicyclic) bond motifs is 1. The van der Waals surface area contributed by atoms with E-state index >= 15 is 4.79 Å². The van der Waals surface area contributed by atoms with Crippen molar-refractivity contribution in [3.8, 4) is 34.3 Å². The van der Waals surface area contributed by atoms with Crippen LogP contribution in [0.1, 0.15) is 47.1 Å². The van der Waals surface area contributed by atoms with Gasteiger partial charge in [0.25, 0.3) is 0 Å². The predicted octanol–water partition coefficient (Wildman–Crippen LogP) is -0.395. The number of phenols is 1. The van der Waals surface area contributed by atoms with Gasteiger partial charge in [0.1, 0.15) is 83.7 Å². The average Bonchev–Trinajstić information content (AvgIpc) is 3.28. The highest BCUT2D eigenvalue weighted by atomic mass is 16.8. The number of aromatic hydroxyl groups is 1. The van der Waals surface area contributed by atoms with Crippen molar-refractivity contribution in [1.82, 2.24) is 0 Å². The standard InChI is InChI=1S/C45H56O23/c1-17(2)8-13-24-26(63-43-34(55)33(54)30(51)27(15-46)64-43)14-25(50)29-32(53)41(38(66-39(24)29)22-9-11-23(58-7)12-10-22)67-45-42(35(56)37(18(3)60-45)61-20(5)48)68-44-36(57)40(62-21(6)49)31(52)28(65-44)16-59-19(4)47/h8-12,14,18,27-28,30-31,33-37,40,42-46,50-52,54-57H,13,15-16H2,1-7H3/t18-,27+,28+,30+,31+,33-,34+,35+,36+,37-,40-,42+,43+,44-,45-/m0/s1. The summed E-state index contributed by atoms with van der Waals surface area (Å²) in [6.07, 6.45) is -24.1. The third-order valence-corrected chi connectivity index (χ3v) is 11.3. The van der Waals surface area contributed by atoms with Crippen LogP contribution < -0.4 is 19.6 Å². The van der Waals surface area contributed by atoms with E-state index in [-0.39, 0.29) is 34.6 Å².